The number of hydrogen-bond acceptors (Lipinski definition) is 11. The summed E-state index contributed by atoms with van der Waals surface area (Å²) in [5, 5.41) is 9.04. The predicted octanol–water partition coefficient (Wildman–Crippen LogP) is 6.71. The van der Waals surface area contributed by atoms with Crippen molar-refractivity contribution in [3.63, 3.8) is 0 Å². The van der Waals surface area contributed by atoms with E-state index in [4.69, 9.17) is 51.3 Å². The van der Waals surface area contributed by atoms with E-state index in [-0.39, 0.29) is 20.1 Å². The van der Waals surface area contributed by atoms with Crippen LogP contribution in [0, 0.1) is 0 Å². The molecule has 0 fully saturated rings. The molecule has 0 heterocycles. The molecule has 6 aromatic carbocycles. The van der Waals surface area contributed by atoms with Crippen LogP contribution in [0.5, 0.6) is 0 Å². The smallest absolute Gasteiger partial charge is 0.106 e. The van der Waals surface area contributed by atoms with Crippen LogP contribution in [0.2, 0.25) is 0 Å². The molecule has 373 valence electrons. The molecule has 0 saturated carbocycles. The average Bonchev–Trinajstić information content (AvgIpc) is 3.42. The van der Waals surface area contributed by atoms with Gasteiger partial charge in [0.15, 0.2) is 0 Å². The van der Waals surface area contributed by atoms with Gasteiger partial charge in [0.2, 0.25) is 0 Å². The molecule has 0 aliphatic heterocycles. The molecule has 6 aromatic rings. The molecule has 1 radical (unpaired) electrons. The Morgan fingerprint density at radius 3 is 0.580 bits per heavy atom. The van der Waals surface area contributed by atoms with Crippen molar-refractivity contribution in [3.8, 4) is 0 Å². The van der Waals surface area contributed by atoms with Crippen molar-refractivity contribution in [2.75, 3.05) is 49.9 Å². The Morgan fingerprint density at radius 2 is 0.464 bits per heavy atom. The minimum absolute atomic E-state index is 0. The Labute approximate surface area is 428 Å². The van der Waals surface area contributed by atoms with Crippen LogP contribution >= 0.6 is 31.0 Å². The number of carbonyl (C=O) groups is 8. The van der Waals surface area contributed by atoms with E-state index in [0.717, 1.165) is 0 Å². The zero-order valence-corrected chi connectivity index (χ0v) is 46.0. The fraction of sp³-hybridized carbons (Fsp3) is 0.154. The second kappa shape index (κ2) is 49.4. The first-order valence-electron chi connectivity index (χ1n) is 19.9. The molecule has 0 bridgehead atoms. The Balaban J connectivity index is -0.000000543. The molecule has 0 unspecified atom stereocenters. The summed E-state index contributed by atoms with van der Waals surface area (Å²) in [4.78, 5) is 64.0. The van der Waals surface area contributed by atoms with Gasteiger partial charge in [-0.05, 0) is 55.6 Å². The third-order valence-corrected chi connectivity index (χ3v) is 21.5. The summed E-state index contributed by atoms with van der Waals surface area (Å²) in [5.74, 6) is 0. The molecule has 69 heavy (non-hydrogen) atoms. The largest absolute Gasteiger partial charge is 0.748 e. The number of hydrogen-bond donors (Lipinski definition) is 0. The van der Waals surface area contributed by atoms with Crippen LogP contribution in [-0.4, -0.2) is 117 Å². The van der Waals surface area contributed by atoms with Crippen LogP contribution in [0.15, 0.2) is 182 Å². The van der Waals surface area contributed by atoms with Gasteiger partial charge in [0, 0.05) is 58.8 Å². The molecule has 0 N–H and O–H groups in total. The maximum atomic E-state index is 9.08. The van der Waals surface area contributed by atoms with Gasteiger partial charge in [-0.2, -0.15) is 0 Å². The first-order valence-corrected chi connectivity index (χ1v) is 29.1. The molecule has 17 heteroatoms. The fourth-order valence-corrected chi connectivity index (χ4v) is 20.7. The number of benzene rings is 6. The van der Waals surface area contributed by atoms with E-state index in [2.05, 4.69) is 189 Å². The van der Waals surface area contributed by atoms with Gasteiger partial charge in [-0.3, -0.25) is 0 Å². The molecule has 0 atom stereocenters. The van der Waals surface area contributed by atoms with E-state index in [1.807, 2.05) is 54.3 Å². The summed E-state index contributed by atoms with van der Waals surface area (Å²) in [7, 11) is -6.43. The number of rotatable bonds is 15. The predicted molar refractivity (Wildman–Crippen MR) is 292 cm³/mol. The summed E-state index contributed by atoms with van der Waals surface area (Å²) in [6.07, 6.45) is 8.39. The summed E-state index contributed by atoms with van der Waals surface area (Å²) >= 11 is 0. The van der Waals surface area contributed by atoms with Gasteiger partial charge in [0.1, 0.15) is 54.3 Å². The molecular weight excluding hydrogens is 1150 g/mol. The van der Waals surface area contributed by atoms with Gasteiger partial charge in [0.25, 0.3) is 0 Å². The molecule has 11 nitrogen and oxygen atoms in total. The van der Waals surface area contributed by atoms with Crippen LogP contribution in [0.4, 0.5) is 0 Å². The van der Waals surface area contributed by atoms with Crippen LogP contribution in [0.1, 0.15) is 0 Å². The van der Waals surface area contributed by atoms with Gasteiger partial charge < -0.3 is 42.9 Å². The molecule has 0 aromatic heterocycles. The monoisotopic (exact) mass is 1210 g/mol. The van der Waals surface area contributed by atoms with Crippen molar-refractivity contribution in [2.45, 2.75) is 0 Å². The van der Waals surface area contributed by atoms with Crippen LogP contribution in [0.25, 0.3) is 0 Å². The van der Waals surface area contributed by atoms with Gasteiger partial charge >= 0.3 is 0 Å². The summed E-state index contributed by atoms with van der Waals surface area (Å²) in [6.45, 7) is 18.7. The Kier molecular flexibility index (Phi) is 52.2. The van der Waals surface area contributed by atoms with Crippen LogP contribution < -0.4 is 31.8 Å². The van der Waals surface area contributed by atoms with Gasteiger partial charge in [-0.25, -0.2) is 8.42 Å². The third kappa shape index (κ3) is 32.4. The summed E-state index contributed by atoms with van der Waals surface area (Å²) in [5.41, 5.74) is 0. The second-order valence-corrected chi connectivity index (χ2v) is 26.0. The van der Waals surface area contributed by atoms with Crippen molar-refractivity contribution >= 4 is 127 Å². The molecule has 6 rings (SSSR count). The number of carbonyl (C=O) groups excluding carboxylic acids is 8. The van der Waals surface area contributed by atoms with E-state index in [1.165, 1.54) is 68.8 Å². The molecule has 0 aliphatic carbocycles. The van der Waals surface area contributed by atoms with E-state index >= 15 is 0 Å². The van der Waals surface area contributed by atoms with Crippen molar-refractivity contribution < 1.29 is 71.4 Å². The minimum Gasteiger partial charge on any atom is -0.748 e. The summed E-state index contributed by atoms with van der Waals surface area (Å²) in [6, 6.07) is 68.0. The van der Waals surface area contributed by atoms with Gasteiger partial charge in [-0.15, -0.1) is 0 Å². The van der Waals surface area contributed by atoms with Crippen molar-refractivity contribution in [3.05, 3.63) is 182 Å². The Bertz CT molecular complexity index is 1800. The van der Waals surface area contributed by atoms with Crippen molar-refractivity contribution in [1.82, 2.24) is 0 Å². The maximum Gasteiger partial charge on any atom is 0.106 e. The fourth-order valence-electron chi connectivity index (χ4n) is 6.23. The standard InChI is InChI=1S/C43H45P4.CH4O3S.8CH2O.Ir/c1-47(35-32-44(38-20-8-2-9-21-38)39-22-10-3-11-23-39,36-33-45(40-24-12-4-13-25-40)41-26-14-5-15-27-41)37-34-46(42-28-16-6-17-29-42)43-30-18-7-19-31-43;1-5(2,3)4;8*1-2;/h2-31H,32-37H2,1H3;1H3,(H,2,3,4);8*1H2;/q+1;;;;;;;;;;/p-1. The first kappa shape index (κ1) is 72.9. The second-order valence-electron chi connectivity index (χ2n) is 13.0. The maximum absolute atomic E-state index is 9.08. The van der Waals surface area contributed by atoms with Gasteiger partial charge in [-0.1, -0.05) is 182 Å². The van der Waals surface area contributed by atoms with Gasteiger partial charge in [0.05, 0.1) is 28.6 Å². The zero-order valence-electron chi connectivity index (χ0n) is 39.2. The van der Waals surface area contributed by atoms with E-state index in [9.17, 15) is 0 Å². The molecule has 0 aliphatic rings. The first-order chi connectivity index (χ1) is 33.2. The Morgan fingerprint density at radius 1 is 0.348 bits per heavy atom. The van der Waals surface area contributed by atoms with Crippen LogP contribution in [-0.2, 0) is 68.6 Å². The normalized spacial score (nSPS) is 9.30. The Hall–Kier alpha value is -5.04. The van der Waals surface area contributed by atoms with E-state index < -0.39 is 41.1 Å². The average molecular weight is 1210 g/mol. The van der Waals surface area contributed by atoms with E-state index in [0.29, 0.717) is 6.26 Å². The SMILES string of the molecule is C=O.C=O.C=O.C=O.C=O.C=O.C=O.C=O.CS(=O)(=O)[O-].C[P+](CCP(c1ccccc1)c1ccccc1)(CCP(c1ccccc1)c1ccccc1)CCP(c1ccccc1)c1ccccc1.[Ir]. The molecule has 0 saturated heterocycles. The molecular formula is C52H64IrO11P4S. The molecule has 0 amide bonds. The quantitative estimate of drug-likeness (QED) is 0.0784. The topological polar surface area (TPSA) is 194 Å². The van der Waals surface area contributed by atoms with Crippen LogP contribution in [0.3, 0.4) is 0 Å². The van der Waals surface area contributed by atoms with Crippen molar-refractivity contribution in [2.24, 2.45) is 0 Å². The minimum atomic E-state index is -3.92. The molecule has 0 spiro atoms. The summed E-state index contributed by atoms with van der Waals surface area (Å²) < 4.78 is 27.2. The third-order valence-electron chi connectivity index (χ3n) is 9.00. The van der Waals surface area contributed by atoms with Crippen molar-refractivity contribution in [1.29, 1.82) is 0 Å². The zero-order chi connectivity index (χ0) is 52.7. The van der Waals surface area contributed by atoms with E-state index in [1.54, 1.807) is 0 Å².